The van der Waals surface area contributed by atoms with E-state index in [0.717, 1.165) is 52.0 Å². The van der Waals surface area contributed by atoms with Crippen molar-refractivity contribution in [3.63, 3.8) is 0 Å². The van der Waals surface area contributed by atoms with Crippen LogP contribution in [0.4, 0.5) is 36.7 Å². The number of carboxylic acids is 2. The molecule has 3 rings (SSSR count). The van der Waals surface area contributed by atoms with E-state index in [1.54, 1.807) is 0 Å². The Kier molecular flexibility index (Phi) is 11.3. The molecule has 2 atom stereocenters. The first kappa shape index (κ1) is 31.3. The van der Waals surface area contributed by atoms with Gasteiger partial charge < -0.3 is 24.7 Å². The third kappa shape index (κ3) is 9.72. The molecule has 0 aromatic carbocycles. The highest BCUT2D eigenvalue weighted by molar-refractivity contribution is 5.73. The number of nitrogens with zero attached hydrogens (tertiary/aromatic N) is 4. The normalized spacial score (nSPS) is 21.9. The molecule has 0 saturated carbocycles. The molecule has 0 unspecified atom stereocenters. The first-order valence-corrected chi connectivity index (χ1v) is 10.8. The maximum absolute atomic E-state index is 13.0. The molecule has 1 spiro atoms. The minimum Gasteiger partial charge on any atom is -0.475 e. The molecular weight excluding hydrogens is 509 g/mol. The highest BCUT2D eigenvalue weighted by Crippen LogP contribution is 2.36. The fraction of sp³-hybridized carbons (Fsp3) is 0.700. The highest BCUT2D eigenvalue weighted by Gasteiger charge is 2.45. The summed E-state index contributed by atoms with van der Waals surface area (Å²) in [6.45, 7) is 9.11. The third-order valence-electron chi connectivity index (χ3n) is 5.49. The zero-order chi connectivity index (χ0) is 27.7. The summed E-state index contributed by atoms with van der Waals surface area (Å²) in [4.78, 5) is 30.6. The Morgan fingerprint density at radius 1 is 1.08 bits per heavy atom. The number of aliphatic carboxylic acids is 2. The standard InChI is InChI=1S/C16H25FN4O.2C2HF3O2/c1-3-20(4-2)14-5-8-22-16(9-14)6-7-21(12-16)15-18-10-13(17)11-19-15;2*3-2(4,5)1(6)7/h10-11,14H,3-9,12H2,1-2H3;2*(H,6,7)/t14-,16+;;/m0../s1. The van der Waals surface area contributed by atoms with Gasteiger partial charge in [0.15, 0.2) is 5.82 Å². The summed E-state index contributed by atoms with van der Waals surface area (Å²) in [5.41, 5.74) is -0.0940. The Labute approximate surface area is 201 Å². The average molecular weight is 536 g/mol. The highest BCUT2D eigenvalue weighted by atomic mass is 19.4. The lowest BCUT2D eigenvalue weighted by molar-refractivity contribution is -0.193. The van der Waals surface area contributed by atoms with Crippen molar-refractivity contribution in [3.05, 3.63) is 18.2 Å². The van der Waals surface area contributed by atoms with Crippen molar-refractivity contribution in [2.45, 2.75) is 57.1 Å². The third-order valence-corrected chi connectivity index (χ3v) is 5.49. The molecule has 2 aliphatic rings. The van der Waals surface area contributed by atoms with Crippen molar-refractivity contribution in [2.24, 2.45) is 0 Å². The minimum atomic E-state index is -5.08. The van der Waals surface area contributed by atoms with E-state index in [2.05, 4.69) is 33.6 Å². The van der Waals surface area contributed by atoms with Gasteiger partial charge in [-0.25, -0.2) is 23.9 Å². The van der Waals surface area contributed by atoms with Crippen LogP contribution in [0, 0.1) is 5.82 Å². The number of aromatic nitrogens is 2. The summed E-state index contributed by atoms with van der Waals surface area (Å²) in [6.07, 6.45) is -4.55. The second-order valence-electron chi connectivity index (χ2n) is 7.88. The number of ether oxygens (including phenoxy) is 1. The van der Waals surface area contributed by atoms with E-state index in [1.807, 2.05) is 0 Å². The quantitative estimate of drug-likeness (QED) is 0.559. The van der Waals surface area contributed by atoms with Crippen LogP contribution in [0.25, 0.3) is 0 Å². The summed E-state index contributed by atoms with van der Waals surface area (Å²) in [7, 11) is 0. The molecule has 2 saturated heterocycles. The number of anilines is 1. The summed E-state index contributed by atoms with van der Waals surface area (Å²) in [6, 6.07) is 0.595. The van der Waals surface area contributed by atoms with Crippen LogP contribution in [0.3, 0.4) is 0 Å². The minimum absolute atomic E-state index is 0.0940. The molecule has 16 heteroatoms. The lowest BCUT2D eigenvalue weighted by Gasteiger charge is -2.42. The van der Waals surface area contributed by atoms with Gasteiger partial charge in [0, 0.05) is 25.7 Å². The summed E-state index contributed by atoms with van der Waals surface area (Å²) in [5.74, 6) is -5.31. The van der Waals surface area contributed by atoms with Gasteiger partial charge in [0.25, 0.3) is 0 Å². The predicted octanol–water partition coefficient (Wildman–Crippen LogP) is 3.35. The largest absolute Gasteiger partial charge is 0.490 e. The van der Waals surface area contributed by atoms with Crippen molar-refractivity contribution < 1.29 is 55.3 Å². The Bertz CT molecular complexity index is 826. The SMILES string of the molecule is CCN(CC)[C@H]1CCO[C@]2(CCN(c3ncc(F)cn3)C2)C1.O=C(O)C(F)(F)F.O=C(O)C(F)(F)F. The number of carboxylic acid groups (broad SMARTS) is 2. The van der Waals surface area contributed by atoms with Gasteiger partial charge in [0.05, 0.1) is 18.0 Å². The fourth-order valence-electron chi connectivity index (χ4n) is 3.82. The van der Waals surface area contributed by atoms with Gasteiger partial charge in [0.2, 0.25) is 5.95 Å². The molecule has 0 bridgehead atoms. The van der Waals surface area contributed by atoms with Crippen molar-refractivity contribution in [1.29, 1.82) is 0 Å². The molecule has 2 fully saturated rings. The number of carbonyl (C=O) groups is 2. The van der Waals surface area contributed by atoms with Crippen LogP contribution in [0.2, 0.25) is 0 Å². The first-order chi connectivity index (χ1) is 16.5. The van der Waals surface area contributed by atoms with Crippen LogP contribution in [-0.4, -0.2) is 93.8 Å². The Hall–Kier alpha value is -2.75. The van der Waals surface area contributed by atoms with Gasteiger partial charge in [-0.2, -0.15) is 26.3 Å². The van der Waals surface area contributed by atoms with Crippen LogP contribution in [0.15, 0.2) is 12.4 Å². The maximum Gasteiger partial charge on any atom is 0.490 e. The summed E-state index contributed by atoms with van der Waals surface area (Å²) in [5, 5.41) is 14.2. The zero-order valence-electron chi connectivity index (χ0n) is 19.4. The number of hydrogen-bond acceptors (Lipinski definition) is 7. The lowest BCUT2D eigenvalue weighted by atomic mass is 9.88. The summed E-state index contributed by atoms with van der Waals surface area (Å²) >= 11 is 0. The van der Waals surface area contributed by atoms with Gasteiger partial charge in [-0.3, -0.25) is 0 Å². The molecule has 0 aliphatic carbocycles. The predicted molar refractivity (Wildman–Crippen MR) is 111 cm³/mol. The van der Waals surface area contributed by atoms with Crippen LogP contribution in [0.1, 0.15) is 33.1 Å². The molecule has 2 aliphatic heterocycles. The first-order valence-electron chi connectivity index (χ1n) is 10.8. The van der Waals surface area contributed by atoms with E-state index in [4.69, 9.17) is 24.5 Å². The molecule has 9 nitrogen and oxygen atoms in total. The molecular formula is C20H27F7N4O5. The second kappa shape index (κ2) is 13.0. The molecule has 0 amide bonds. The van der Waals surface area contributed by atoms with Crippen LogP contribution < -0.4 is 4.90 Å². The number of alkyl halides is 6. The van der Waals surface area contributed by atoms with Gasteiger partial charge in [-0.15, -0.1) is 0 Å². The van der Waals surface area contributed by atoms with Crippen molar-refractivity contribution in [1.82, 2.24) is 14.9 Å². The van der Waals surface area contributed by atoms with Crippen LogP contribution in [-0.2, 0) is 14.3 Å². The van der Waals surface area contributed by atoms with Crippen LogP contribution in [0.5, 0.6) is 0 Å². The Morgan fingerprint density at radius 2 is 1.56 bits per heavy atom. The molecule has 0 radical (unpaired) electrons. The van der Waals surface area contributed by atoms with E-state index < -0.39 is 30.1 Å². The number of halogens is 7. The smallest absolute Gasteiger partial charge is 0.475 e. The van der Waals surface area contributed by atoms with Crippen molar-refractivity contribution in [3.8, 4) is 0 Å². The van der Waals surface area contributed by atoms with Gasteiger partial charge in [-0.05, 0) is 32.4 Å². The van der Waals surface area contributed by atoms with E-state index >= 15 is 0 Å². The van der Waals surface area contributed by atoms with Gasteiger partial charge >= 0.3 is 24.3 Å². The molecule has 2 N–H and O–H groups in total. The molecule has 206 valence electrons. The van der Waals surface area contributed by atoms with Gasteiger partial charge in [-0.1, -0.05) is 13.8 Å². The van der Waals surface area contributed by atoms with E-state index in [1.165, 1.54) is 12.4 Å². The van der Waals surface area contributed by atoms with E-state index in [-0.39, 0.29) is 5.60 Å². The molecule has 3 heterocycles. The molecule has 1 aromatic rings. The monoisotopic (exact) mass is 536 g/mol. The lowest BCUT2D eigenvalue weighted by Crippen LogP contribution is -2.50. The number of rotatable bonds is 4. The maximum atomic E-state index is 13.0. The van der Waals surface area contributed by atoms with Crippen molar-refractivity contribution in [2.75, 3.05) is 37.7 Å². The Morgan fingerprint density at radius 3 is 1.97 bits per heavy atom. The molecule has 36 heavy (non-hydrogen) atoms. The zero-order valence-corrected chi connectivity index (χ0v) is 19.4. The fourth-order valence-corrected chi connectivity index (χ4v) is 3.82. The van der Waals surface area contributed by atoms with Crippen molar-refractivity contribution >= 4 is 17.9 Å². The van der Waals surface area contributed by atoms with Gasteiger partial charge in [0.1, 0.15) is 0 Å². The van der Waals surface area contributed by atoms with E-state index in [9.17, 15) is 30.7 Å². The topological polar surface area (TPSA) is 116 Å². The summed E-state index contributed by atoms with van der Waals surface area (Å²) < 4.78 is 82.6. The Balaban J connectivity index is 0.000000383. The average Bonchev–Trinajstić information content (AvgIpc) is 3.17. The molecule has 1 aromatic heterocycles. The van der Waals surface area contributed by atoms with E-state index in [0.29, 0.717) is 12.0 Å². The number of hydrogen-bond donors (Lipinski definition) is 2. The van der Waals surface area contributed by atoms with Crippen LogP contribution >= 0.6 is 0 Å². The second-order valence-corrected chi connectivity index (χ2v) is 7.88.